The van der Waals surface area contributed by atoms with Gasteiger partial charge in [0.05, 0.1) is 0 Å². The van der Waals surface area contributed by atoms with Crippen LogP contribution >= 0.6 is 0 Å². The fourth-order valence-corrected chi connectivity index (χ4v) is 0.926. The lowest BCUT2D eigenvalue weighted by atomic mass is 9.98. The van der Waals surface area contributed by atoms with Crippen LogP contribution in [-0.4, -0.2) is 6.04 Å². The molecule has 9 heavy (non-hydrogen) atoms. The topological polar surface area (TPSA) is 38.0 Å². The average Bonchev–Trinajstić information content (AvgIpc) is 1.89. The molecule has 0 spiro atoms. The van der Waals surface area contributed by atoms with Gasteiger partial charge in [0, 0.05) is 6.04 Å². The van der Waals surface area contributed by atoms with E-state index in [4.69, 9.17) is 5.84 Å². The van der Waals surface area contributed by atoms with Crippen LogP contribution in [-0.2, 0) is 0 Å². The van der Waals surface area contributed by atoms with Gasteiger partial charge in [-0.3, -0.25) is 11.3 Å². The van der Waals surface area contributed by atoms with Gasteiger partial charge in [-0.05, 0) is 5.92 Å². The Kier molecular flexibility index (Phi) is 2.03. The largest absolute Gasteiger partial charge is 0.271 e. The average molecular weight is 124 g/mol. The molecule has 0 bridgehead atoms. The lowest BCUT2D eigenvalue weighted by molar-refractivity contribution is 0.510. The Morgan fingerprint density at radius 2 is 2.00 bits per heavy atom. The molecule has 1 aliphatic rings. The molecule has 2 heteroatoms. The Labute approximate surface area is 55.4 Å². The minimum Gasteiger partial charge on any atom is -0.271 e. The molecule has 0 saturated heterocycles. The number of nitrogens with one attached hydrogen (secondary N) is 1. The van der Waals surface area contributed by atoms with Crippen LogP contribution in [0, 0.1) is 5.92 Å². The van der Waals surface area contributed by atoms with Gasteiger partial charge in [0.1, 0.15) is 0 Å². The van der Waals surface area contributed by atoms with Crippen molar-refractivity contribution < 1.29 is 0 Å². The fourth-order valence-electron chi connectivity index (χ4n) is 0.926. The molecular formula is C7H12N2. The Morgan fingerprint density at radius 1 is 1.33 bits per heavy atom. The van der Waals surface area contributed by atoms with Gasteiger partial charge in [0.25, 0.3) is 0 Å². The van der Waals surface area contributed by atoms with E-state index in [1.54, 1.807) is 0 Å². The SMILES string of the molecule is CC1C=CC=CC1NN. The summed E-state index contributed by atoms with van der Waals surface area (Å²) >= 11 is 0. The number of hydrogen-bond donors (Lipinski definition) is 2. The Morgan fingerprint density at radius 3 is 2.44 bits per heavy atom. The summed E-state index contributed by atoms with van der Waals surface area (Å²) in [4.78, 5) is 0. The molecule has 1 aliphatic carbocycles. The molecular weight excluding hydrogens is 112 g/mol. The molecule has 0 aromatic heterocycles. The van der Waals surface area contributed by atoms with Crippen LogP contribution < -0.4 is 11.3 Å². The first-order valence-electron chi connectivity index (χ1n) is 3.15. The third-order valence-corrected chi connectivity index (χ3v) is 1.60. The second-order valence-electron chi connectivity index (χ2n) is 2.32. The van der Waals surface area contributed by atoms with Gasteiger partial charge in [-0.25, -0.2) is 0 Å². The Bertz CT molecular complexity index is 138. The highest BCUT2D eigenvalue weighted by Crippen LogP contribution is 2.09. The summed E-state index contributed by atoms with van der Waals surface area (Å²) in [5.41, 5.74) is 2.72. The summed E-state index contributed by atoms with van der Waals surface area (Å²) < 4.78 is 0. The normalized spacial score (nSPS) is 33.1. The first-order chi connectivity index (χ1) is 4.34. The fraction of sp³-hybridized carbons (Fsp3) is 0.429. The number of hydrogen-bond acceptors (Lipinski definition) is 2. The second-order valence-corrected chi connectivity index (χ2v) is 2.32. The second kappa shape index (κ2) is 2.80. The van der Waals surface area contributed by atoms with Crippen molar-refractivity contribution in [2.24, 2.45) is 11.8 Å². The summed E-state index contributed by atoms with van der Waals surface area (Å²) in [5, 5.41) is 0. The van der Waals surface area contributed by atoms with Crippen molar-refractivity contribution in [1.82, 2.24) is 5.43 Å². The molecule has 0 amide bonds. The van der Waals surface area contributed by atoms with Crippen molar-refractivity contribution in [2.75, 3.05) is 0 Å². The monoisotopic (exact) mass is 124 g/mol. The third-order valence-electron chi connectivity index (χ3n) is 1.60. The molecule has 0 aliphatic heterocycles. The number of rotatable bonds is 1. The van der Waals surface area contributed by atoms with Gasteiger partial charge in [-0.15, -0.1) is 0 Å². The van der Waals surface area contributed by atoms with Crippen LogP contribution in [0.25, 0.3) is 0 Å². The predicted molar refractivity (Wildman–Crippen MR) is 38.6 cm³/mol. The zero-order chi connectivity index (χ0) is 6.69. The molecule has 2 atom stereocenters. The Balaban J connectivity index is 2.55. The van der Waals surface area contributed by atoms with Gasteiger partial charge in [-0.1, -0.05) is 31.2 Å². The number of hydrazine groups is 1. The van der Waals surface area contributed by atoms with Crippen molar-refractivity contribution in [3.63, 3.8) is 0 Å². The van der Waals surface area contributed by atoms with Crippen molar-refractivity contribution in [2.45, 2.75) is 13.0 Å². The molecule has 0 saturated carbocycles. The molecule has 50 valence electrons. The smallest absolute Gasteiger partial charge is 0.0453 e. The minimum absolute atomic E-state index is 0.315. The molecule has 0 aromatic carbocycles. The maximum absolute atomic E-state index is 5.26. The zero-order valence-electron chi connectivity index (χ0n) is 5.54. The van der Waals surface area contributed by atoms with Crippen LogP contribution in [0.2, 0.25) is 0 Å². The van der Waals surface area contributed by atoms with Crippen molar-refractivity contribution >= 4 is 0 Å². The van der Waals surface area contributed by atoms with E-state index in [0.717, 1.165) is 0 Å². The van der Waals surface area contributed by atoms with E-state index in [9.17, 15) is 0 Å². The van der Waals surface area contributed by atoms with Crippen LogP contribution in [0.15, 0.2) is 24.3 Å². The van der Waals surface area contributed by atoms with Crippen LogP contribution in [0.1, 0.15) is 6.92 Å². The molecule has 2 nitrogen and oxygen atoms in total. The van der Waals surface area contributed by atoms with E-state index in [-0.39, 0.29) is 0 Å². The lowest BCUT2D eigenvalue weighted by Crippen LogP contribution is -2.38. The molecule has 0 radical (unpaired) electrons. The van der Waals surface area contributed by atoms with E-state index in [1.165, 1.54) is 0 Å². The molecule has 0 aromatic rings. The van der Waals surface area contributed by atoms with Gasteiger partial charge < -0.3 is 0 Å². The van der Waals surface area contributed by atoms with Crippen molar-refractivity contribution in [3.8, 4) is 0 Å². The molecule has 2 unspecified atom stereocenters. The Hall–Kier alpha value is -0.600. The lowest BCUT2D eigenvalue weighted by Gasteiger charge is -2.18. The van der Waals surface area contributed by atoms with Crippen LogP contribution in [0.3, 0.4) is 0 Å². The van der Waals surface area contributed by atoms with E-state index in [2.05, 4.69) is 24.5 Å². The highest BCUT2D eigenvalue weighted by molar-refractivity contribution is 5.15. The van der Waals surface area contributed by atoms with E-state index in [1.807, 2.05) is 12.2 Å². The first kappa shape index (κ1) is 6.52. The van der Waals surface area contributed by atoms with Gasteiger partial charge in [0.2, 0.25) is 0 Å². The van der Waals surface area contributed by atoms with Crippen molar-refractivity contribution in [3.05, 3.63) is 24.3 Å². The summed E-state index contributed by atoms with van der Waals surface area (Å²) in [6, 6.07) is 0.315. The standard InChI is InChI=1S/C7H12N2/c1-6-4-2-3-5-7(6)9-8/h2-7,9H,8H2,1H3. The van der Waals surface area contributed by atoms with Gasteiger partial charge in [-0.2, -0.15) is 0 Å². The highest BCUT2D eigenvalue weighted by Gasteiger charge is 2.10. The van der Waals surface area contributed by atoms with Crippen LogP contribution in [0.4, 0.5) is 0 Å². The van der Waals surface area contributed by atoms with Gasteiger partial charge >= 0.3 is 0 Å². The number of allylic oxidation sites excluding steroid dienone is 2. The van der Waals surface area contributed by atoms with E-state index < -0.39 is 0 Å². The van der Waals surface area contributed by atoms with Crippen molar-refractivity contribution in [1.29, 1.82) is 0 Å². The summed E-state index contributed by atoms with van der Waals surface area (Å²) in [6.07, 6.45) is 8.23. The highest BCUT2D eigenvalue weighted by atomic mass is 15.2. The van der Waals surface area contributed by atoms with E-state index >= 15 is 0 Å². The summed E-state index contributed by atoms with van der Waals surface area (Å²) in [5.74, 6) is 5.77. The molecule has 0 fully saturated rings. The summed E-state index contributed by atoms with van der Waals surface area (Å²) in [7, 11) is 0. The molecule has 0 heterocycles. The zero-order valence-corrected chi connectivity index (χ0v) is 5.54. The van der Waals surface area contributed by atoms with Gasteiger partial charge in [0.15, 0.2) is 0 Å². The predicted octanol–water partition coefficient (Wildman–Crippen LogP) is 0.580. The maximum Gasteiger partial charge on any atom is 0.0453 e. The first-order valence-corrected chi connectivity index (χ1v) is 3.15. The van der Waals surface area contributed by atoms with E-state index in [0.29, 0.717) is 12.0 Å². The minimum atomic E-state index is 0.315. The maximum atomic E-state index is 5.26. The number of nitrogens with two attached hydrogens (primary N) is 1. The molecule has 3 N–H and O–H groups in total. The molecule has 1 rings (SSSR count). The quantitative estimate of drug-likeness (QED) is 0.396. The summed E-state index contributed by atoms with van der Waals surface area (Å²) in [6.45, 7) is 2.13. The van der Waals surface area contributed by atoms with Crippen LogP contribution in [0.5, 0.6) is 0 Å². The third kappa shape index (κ3) is 1.40.